The van der Waals surface area contributed by atoms with Crippen molar-refractivity contribution < 1.29 is 18.6 Å². The fourth-order valence-electron chi connectivity index (χ4n) is 6.69. The average Bonchev–Trinajstić information content (AvgIpc) is 3.88. The molecule has 0 saturated carbocycles. The van der Waals surface area contributed by atoms with Crippen LogP contribution in [0.15, 0.2) is 90.5 Å². The zero-order valence-electron chi connectivity index (χ0n) is 28.0. The van der Waals surface area contributed by atoms with Crippen LogP contribution in [0.3, 0.4) is 0 Å². The molecular weight excluding hydrogens is 663 g/mol. The Morgan fingerprint density at radius 1 is 0.920 bits per heavy atom. The van der Waals surface area contributed by atoms with Crippen LogP contribution in [0, 0.1) is 11.6 Å². The van der Waals surface area contributed by atoms with Gasteiger partial charge in [-0.1, -0.05) is 18.2 Å². The number of hydrogen-bond acceptors (Lipinski definition) is 9. The monoisotopic (exact) mass is 702 g/mol. The third-order valence-electron chi connectivity index (χ3n) is 9.73. The van der Waals surface area contributed by atoms with E-state index in [0.717, 1.165) is 55.8 Å². The van der Waals surface area contributed by atoms with Gasteiger partial charge in [0.25, 0.3) is 0 Å². The maximum atomic E-state index is 15.0. The number of anilines is 2. The molecule has 0 aliphatic carbocycles. The summed E-state index contributed by atoms with van der Waals surface area (Å²) in [6.07, 6.45) is 5.13. The summed E-state index contributed by atoms with van der Waals surface area (Å²) >= 11 is 1.68. The molecule has 2 aliphatic heterocycles. The highest BCUT2D eigenvalue weighted by Gasteiger charge is 2.44. The van der Waals surface area contributed by atoms with Crippen LogP contribution in [-0.4, -0.2) is 71.9 Å². The first kappa shape index (κ1) is 33.9. The van der Waals surface area contributed by atoms with E-state index in [9.17, 15) is 18.7 Å². The van der Waals surface area contributed by atoms with E-state index in [2.05, 4.69) is 49.2 Å². The van der Waals surface area contributed by atoms with Gasteiger partial charge in [-0.2, -0.15) is 10.2 Å². The molecular formula is C36H40F2N8O3S. The number of rotatable bonds is 11. The van der Waals surface area contributed by atoms with E-state index < -0.39 is 29.4 Å². The van der Waals surface area contributed by atoms with E-state index >= 15 is 0 Å². The van der Waals surface area contributed by atoms with Crippen molar-refractivity contribution in [2.24, 2.45) is 0 Å². The quantitative estimate of drug-likeness (QED) is 0.200. The van der Waals surface area contributed by atoms with Gasteiger partial charge in [0.15, 0.2) is 0 Å². The van der Waals surface area contributed by atoms with Gasteiger partial charge >= 0.3 is 5.69 Å². The van der Waals surface area contributed by atoms with Crippen molar-refractivity contribution >= 4 is 23.1 Å². The Labute approximate surface area is 293 Å². The second-order valence-electron chi connectivity index (χ2n) is 13.0. The van der Waals surface area contributed by atoms with E-state index in [0.29, 0.717) is 18.5 Å². The Hall–Kier alpha value is -4.53. The van der Waals surface area contributed by atoms with Crippen LogP contribution in [-0.2, 0) is 22.6 Å². The van der Waals surface area contributed by atoms with Gasteiger partial charge in [0.1, 0.15) is 41.7 Å². The molecule has 4 unspecified atom stereocenters. The molecule has 14 heteroatoms. The lowest BCUT2D eigenvalue weighted by Crippen LogP contribution is -2.46. The Morgan fingerprint density at radius 3 is 2.20 bits per heavy atom. The summed E-state index contributed by atoms with van der Waals surface area (Å²) in [7, 11) is 0. The summed E-state index contributed by atoms with van der Waals surface area (Å²) in [6.45, 7) is 7.19. The van der Waals surface area contributed by atoms with Crippen LogP contribution < -0.4 is 15.5 Å². The molecule has 4 heterocycles. The van der Waals surface area contributed by atoms with Crippen LogP contribution in [0.25, 0.3) is 5.69 Å². The van der Waals surface area contributed by atoms with Crippen LogP contribution in [0.4, 0.5) is 20.2 Å². The summed E-state index contributed by atoms with van der Waals surface area (Å²) in [5, 5.41) is 18.3. The number of halogens is 2. The molecule has 4 atom stereocenters. The number of hydrogen-bond donors (Lipinski definition) is 1. The van der Waals surface area contributed by atoms with Gasteiger partial charge in [-0.05, 0) is 74.7 Å². The van der Waals surface area contributed by atoms with Gasteiger partial charge in [-0.15, -0.1) is 11.8 Å². The number of thioether (sulfide) groups is 1. The molecule has 11 nitrogen and oxygen atoms in total. The van der Waals surface area contributed by atoms with Crippen LogP contribution in [0.1, 0.15) is 43.9 Å². The largest absolute Gasteiger partial charge is 0.391 e. The Kier molecular flexibility index (Phi) is 9.76. The van der Waals surface area contributed by atoms with Crippen molar-refractivity contribution in [1.29, 1.82) is 0 Å². The Balaban J connectivity index is 0.924. The zero-order chi connectivity index (χ0) is 34.8. The molecule has 0 amide bonds. The van der Waals surface area contributed by atoms with Crippen molar-refractivity contribution in [3.05, 3.63) is 119 Å². The van der Waals surface area contributed by atoms with E-state index in [1.54, 1.807) is 36.6 Å². The molecule has 1 N–H and O–H groups in total. The molecule has 0 bridgehead atoms. The van der Waals surface area contributed by atoms with Crippen LogP contribution in [0.5, 0.6) is 0 Å². The van der Waals surface area contributed by atoms with Gasteiger partial charge in [-0.25, -0.2) is 32.5 Å². The number of aliphatic hydroxyl groups is 1. The summed E-state index contributed by atoms with van der Waals surface area (Å²) in [5.74, 6) is -0.494. The predicted octanol–water partition coefficient (Wildman–Crippen LogP) is 5.14. The molecule has 2 aromatic heterocycles. The van der Waals surface area contributed by atoms with Crippen molar-refractivity contribution in [2.75, 3.05) is 36.0 Å². The highest BCUT2D eigenvalue weighted by Crippen LogP contribution is 2.45. The first-order valence-electron chi connectivity index (χ1n) is 16.8. The molecule has 7 rings (SSSR count). The van der Waals surface area contributed by atoms with Crippen molar-refractivity contribution in [3.63, 3.8) is 0 Å². The molecule has 2 fully saturated rings. The minimum absolute atomic E-state index is 0.151. The highest BCUT2D eigenvalue weighted by atomic mass is 32.2. The third kappa shape index (κ3) is 7.05. The highest BCUT2D eigenvalue weighted by molar-refractivity contribution is 7.99. The third-order valence-corrected chi connectivity index (χ3v) is 10.9. The second-order valence-corrected chi connectivity index (χ2v) is 14.1. The fourth-order valence-corrected chi connectivity index (χ4v) is 7.80. The summed E-state index contributed by atoms with van der Waals surface area (Å²) < 4.78 is 39.7. The van der Waals surface area contributed by atoms with E-state index in [-0.39, 0.29) is 11.1 Å². The minimum atomic E-state index is -0.959. The molecule has 5 aromatic rings. The molecule has 262 valence electrons. The number of aliphatic hydroxyl groups excluding tert-OH is 1. The van der Waals surface area contributed by atoms with Crippen LogP contribution in [0.2, 0.25) is 0 Å². The van der Waals surface area contributed by atoms with Gasteiger partial charge in [-0.3, -0.25) is 0 Å². The summed E-state index contributed by atoms with van der Waals surface area (Å²) in [6, 6.07) is 19.8. The second kappa shape index (κ2) is 14.4. The minimum Gasteiger partial charge on any atom is -0.391 e. The number of benzene rings is 3. The first-order valence-corrected chi connectivity index (χ1v) is 17.8. The predicted molar refractivity (Wildman–Crippen MR) is 189 cm³/mol. The zero-order valence-corrected chi connectivity index (χ0v) is 28.8. The summed E-state index contributed by atoms with van der Waals surface area (Å²) in [4.78, 5) is 21.6. The lowest BCUT2D eigenvalue weighted by Gasteiger charge is -2.37. The van der Waals surface area contributed by atoms with Gasteiger partial charge in [0, 0.05) is 54.9 Å². The SMILES string of the molecule is CC(O)C(C)n1ncn(-c2ccc(N3CCN(c4ccc(CSC5CCC(Cn6cncn6)(c6ccc(F)cc6F)O5)cc4)CC3)cc2)c1=O. The molecule has 0 radical (unpaired) electrons. The van der Waals surface area contributed by atoms with Gasteiger partial charge in [0.2, 0.25) is 0 Å². The van der Waals surface area contributed by atoms with E-state index in [4.69, 9.17) is 4.74 Å². The number of nitrogens with zero attached hydrogens (tertiary/aromatic N) is 8. The van der Waals surface area contributed by atoms with Crippen molar-refractivity contribution in [1.82, 2.24) is 29.1 Å². The summed E-state index contributed by atoms with van der Waals surface area (Å²) in [5.41, 5.74) is 3.12. The molecule has 3 aromatic carbocycles. The number of piperazine rings is 1. The topological polar surface area (TPSA) is 106 Å². The molecule has 50 heavy (non-hydrogen) atoms. The average molecular weight is 703 g/mol. The van der Waals surface area contributed by atoms with Crippen molar-refractivity contribution in [2.45, 2.75) is 62.2 Å². The Bertz CT molecular complexity index is 1940. The van der Waals surface area contributed by atoms with Gasteiger partial charge < -0.3 is 19.6 Å². The Morgan fingerprint density at radius 2 is 1.58 bits per heavy atom. The van der Waals surface area contributed by atoms with E-state index in [1.165, 1.54) is 45.3 Å². The lowest BCUT2D eigenvalue weighted by molar-refractivity contribution is -0.0317. The molecule has 2 saturated heterocycles. The normalized spacial score (nSPS) is 20.7. The fraction of sp³-hybridized carbons (Fsp3) is 0.389. The maximum Gasteiger partial charge on any atom is 0.350 e. The lowest BCUT2D eigenvalue weighted by atomic mass is 9.90. The maximum absolute atomic E-state index is 15.0. The van der Waals surface area contributed by atoms with E-state index in [1.807, 2.05) is 24.3 Å². The van der Waals surface area contributed by atoms with Crippen molar-refractivity contribution in [3.8, 4) is 5.69 Å². The molecule has 2 aliphatic rings. The molecule has 0 spiro atoms. The number of ether oxygens (including phenoxy) is 1. The first-order chi connectivity index (χ1) is 24.2. The van der Waals surface area contributed by atoms with Gasteiger partial charge in [0.05, 0.1) is 24.4 Å². The standard InChI is InChI=1S/C36H40F2N8O3S/c1-25(26(2)47)46-35(48)45(24-41-46)31-10-8-30(9-11-31)43-17-15-42(16-18-43)29-6-3-27(4-7-29)20-50-34-13-14-36(49-34,21-44-23-39-22-40-44)32-12-5-28(37)19-33(32)38/h3-12,19,22-26,34,47H,13-18,20-21H2,1-2H3. The number of aromatic nitrogens is 6. The smallest absolute Gasteiger partial charge is 0.350 e. The van der Waals surface area contributed by atoms with Crippen LogP contribution >= 0.6 is 11.8 Å².